The lowest BCUT2D eigenvalue weighted by molar-refractivity contribution is -0.147. The molecule has 1 aromatic heterocycles. The topological polar surface area (TPSA) is 74.4 Å². The second-order valence-electron chi connectivity index (χ2n) is 4.67. The van der Waals surface area contributed by atoms with Gasteiger partial charge >= 0.3 is 5.97 Å². The zero-order valence-electron chi connectivity index (χ0n) is 10.8. The molecular weight excluding hydrogens is 268 g/mol. The van der Waals surface area contributed by atoms with Gasteiger partial charge in [0.15, 0.2) is 0 Å². The SMILES string of the molecule is COC(=O)C1CCC(Oc2ncc(N)cc2Cl)CC1. The quantitative estimate of drug-likeness (QED) is 0.863. The molecule has 0 atom stereocenters. The van der Waals surface area contributed by atoms with Gasteiger partial charge < -0.3 is 15.2 Å². The predicted octanol–water partition coefficient (Wildman–Crippen LogP) is 2.43. The average Bonchev–Trinajstić information content (AvgIpc) is 2.42. The lowest BCUT2D eigenvalue weighted by Gasteiger charge is -2.27. The Morgan fingerprint density at radius 1 is 1.42 bits per heavy atom. The van der Waals surface area contributed by atoms with Gasteiger partial charge in [-0.3, -0.25) is 4.79 Å². The van der Waals surface area contributed by atoms with Gasteiger partial charge in [0, 0.05) is 0 Å². The number of aromatic nitrogens is 1. The molecule has 5 nitrogen and oxygen atoms in total. The van der Waals surface area contributed by atoms with Crippen molar-refractivity contribution < 1.29 is 14.3 Å². The zero-order valence-corrected chi connectivity index (χ0v) is 11.5. The molecule has 0 aromatic carbocycles. The molecule has 0 bridgehead atoms. The molecule has 1 fully saturated rings. The number of esters is 1. The first-order chi connectivity index (χ1) is 9.10. The highest BCUT2D eigenvalue weighted by Gasteiger charge is 2.28. The first-order valence-electron chi connectivity index (χ1n) is 6.25. The van der Waals surface area contributed by atoms with Crippen LogP contribution in [0, 0.1) is 5.92 Å². The number of hydrogen-bond acceptors (Lipinski definition) is 5. The second kappa shape index (κ2) is 6.10. The lowest BCUT2D eigenvalue weighted by atomic mass is 9.87. The number of nitrogen functional groups attached to an aromatic ring is 1. The van der Waals surface area contributed by atoms with Gasteiger partial charge in [0.25, 0.3) is 0 Å². The van der Waals surface area contributed by atoms with Crippen LogP contribution < -0.4 is 10.5 Å². The summed E-state index contributed by atoms with van der Waals surface area (Å²) in [5.74, 6) is 0.249. The van der Waals surface area contributed by atoms with Gasteiger partial charge in [-0.1, -0.05) is 11.6 Å². The molecule has 0 radical (unpaired) electrons. The number of carbonyl (C=O) groups is 1. The highest BCUT2D eigenvalue weighted by molar-refractivity contribution is 6.32. The molecule has 1 heterocycles. The summed E-state index contributed by atoms with van der Waals surface area (Å²) >= 11 is 6.01. The first-order valence-corrected chi connectivity index (χ1v) is 6.63. The number of methoxy groups -OCH3 is 1. The summed E-state index contributed by atoms with van der Waals surface area (Å²) in [4.78, 5) is 15.5. The van der Waals surface area contributed by atoms with Gasteiger partial charge in [-0.2, -0.15) is 0 Å². The fraction of sp³-hybridized carbons (Fsp3) is 0.538. The maximum absolute atomic E-state index is 11.4. The lowest BCUT2D eigenvalue weighted by Crippen LogP contribution is -2.28. The normalized spacial score (nSPS) is 22.8. The molecule has 1 aliphatic rings. The van der Waals surface area contributed by atoms with Crippen LogP contribution in [0.2, 0.25) is 5.02 Å². The van der Waals surface area contributed by atoms with Crippen LogP contribution in [-0.4, -0.2) is 24.2 Å². The average molecular weight is 285 g/mol. The van der Waals surface area contributed by atoms with Crippen molar-refractivity contribution in [1.29, 1.82) is 0 Å². The van der Waals surface area contributed by atoms with E-state index in [0.29, 0.717) is 16.6 Å². The Balaban J connectivity index is 1.90. The van der Waals surface area contributed by atoms with Crippen molar-refractivity contribution in [3.8, 4) is 5.88 Å². The standard InChI is InChI=1S/C13H17ClN2O3/c1-18-13(17)8-2-4-10(5-3-8)19-12-11(14)6-9(15)7-16-12/h6-8,10H,2-5,15H2,1H3. The van der Waals surface area contributed by atoms with E-state index in [9.17, 15) is 4.79 Å². The summed E-state index contributed by atoms with van der Waals surface area (Å²) < 4.78 is 10.5. The third-order valence-corrected chi connectivity index (χ3v) is 3.59. The highest BCUT2D eigenvalue weighted by atomic mass is 35.5. The largest absolute Gasteiger partial charge is 0.473 e. The van der Waals surface area contributed by atoms with Crippen LogP contribution >= 0.6 is 11.6 Å². The number of anilines is 1. The summed E-state index contributed by atoms with van der Waals surface area (Å²) in [6.07, 6.45) is 4.67. The van der Waals surface area contributed by atoms with Crippen LogP contribution in [-0.2, 0) is 9.53 Å². The van der Waals surface area contributed by atoms with E-state index >= 15 is 0 Å². The molecular formula is C13H17ClN2O3. The van der Waals surface area contributed by atoms with Gasteiger partial charge in [0.2, 0.25) is 5.88 Å². The Morgan fingerprint density at radius 2 is 2.11 bits per heavy atom. The van der Waals surface area contributed by atoms with Gasteiger partial charge in [-0.25, -0.2) is 4.98 Å². The van der Waals surface area contributed by atoms with Gasteiger partial charge in [-0.05, 0) is 31.7 Å². The van der Waals surface area contributed by atoms with E-state index < -0.39 is 0 Å². The number of carbonyl (C=O) groups excluding carboxylic acids is 1. The highest BCUT2D eigenvalue weighted by Crippen LogP contribution is 2.30. The molecule has 0 aliphatic heterocycles. The monoisotopic (exact) mass is 284 g/mol. The van der Waals surface area contributed by atoms with Crippen LogP contribution in [0.5, 0.6) is 5.88 Å². The molecule has 6 heteroatoms. The molecule has 1 aromatic rings. The molecule has 1 saturated carbocycles. The van der Waals surface area contributed by atoms with Crippen LogP contribution in [0.3, 0.4) is 0 Å². The molecule has 104 valence electrons. The van der Waals surface area contributed by atoms with E-state index in [2.05, 4.69) is 4.98 Å². The van der Waals surface area contributed by atoms with Crippen molar-refractivity contribution in [2.75, 3.05) is 12.8 Å². The van der Waals surface area contributed by atoms with Crippen LogP contribution in [0.4, 0.5) is 5.69 Å². The zero-order chi connectivity index (χ0) is 13.8. The minimum atomic E-state index is -0.137. The first kappa shape index (κ1) is 13.9. The molecule has 2 rings (SSSR count). The molecule has 0 amide bonds. The third kappa shape index (κ3) is 3.50. The number of ether oxygens (including phenoxy) is 2. The van der Waals surface area contributed by atoms with E-state index in [4.69, 9.17) is 26.8 Å². The summed E-state index contributed by atoms with van der Waals surface area (Å²) in [6, 6.07) is 1.62. The number of hydrogen-bond donors (Lipinski definition) is 1. The fourth-order valence-corrected chi connectivity index (χ4v) is 2.49. The van der Waals surface area contributed by atoms with E-state index in [1.807, 2.05) is 0 Å². The predicted molar refractivity (Wildman–Crippen MR) is 72.0 cm³/mol. The van der Waals surface area contributed by atoms with Crippen molar-refractivity contribution in [2.45, 2.75) is 31.8 Å². The minimum Gasteiger partial charge on any atom is -0.473 e. The summed E-state index contributed by atoms with van der Waals surface area (Å²) in [6.45, 7) is 0. The third-order valence-electron chi connectivity index (χ3n) is 3.32. The van der Waals surface area contributed by atoms with Crippen molar-refractivity contribution in [3.63, 3.8) is 0 Å². The molecule has 0 spiro atoms. The fourth-order valence-electron chi connectivity index (χ4n) is 2.27. The Hall–Kier alpha value is -1.49. The Kier molecular flexibility index (Phi) is 4.47. The number of rotatable bonds is 3. The van der Waals surface area contributed by atoms with Gasteiger partial charge in [-0.15, -0.1) is 0 Å². The van der Waals surface area contributed by atoms with Crippen LogP contribution in [0.15, 0.2) is 12.3 Å². The summed E-state index contributed by atoms with van der Waals surface area (Å²) in [5.41, 5.74) is 6.08. The van der Waals surface area contributed by atoms with E-state index in [1.165, 1.54) is 13.3 Å². The molecule has 1 aliphatic carbocycles. The summed E-state index contributed by atoms with van der Waals surface area (Å²) in [7, 11) is 1.42. The van der Waals surface area contributed by atoms with Gasteiger partial charge in [0.05, 0.1) is 24.9 Å². The van der Waals surface area contributed by atoms with Crippen molar-refractivity contribution in [1.82, 2.24) is 4.98 Å². The number of halogens is 1. The number of pyridine rings is 1. The molecule has 0 saturated heterocycles. The second-order valence-corrected chi connectivity index (χ2v) is 5.08. The van der Waals surface area contributed by atoms with Crippen molar-refractivity contribution >= 4 is 23.3 Å². The molecule has 19 heavy (non-hydrogen) atoms. The smallest absolute Gasteiger partial charge is 0.308 e. The summed E-state index contributed by atoms with van der Waals surface area (Å²) in [5, 5.41) is 0.412. The minimum absolute atomic E-state index is 0.0142. The maximum atomic E-state index is 11.4. The van der Waals surface area contributed by atoms with Gasteiger partial charge in [0.1, 0.15) is 11.1 Å². The van der Waals surface area contributed by atoms with E-state index in [-0.39, 0.29) is 18.0 Å². The Morgan fingerprint density at radius 3 is 2.68 bits per heavy atom. The number of nitrogens with zero attached hydrogens (tertiary/aromatic N) is 1. The van der Waals surface area contributed by atoms with Crippen molar-refractivity contribution in [3.05, 3.63) is 17.3 Å². The van der Waals surface area contributed by atoms with Crippen LogP contribution in [0.25, 0.3) is 0 Å². The molecule has 2 N–H and O–H groups in total. The maximum Gasteiger partial charge on any atom is 0.308 e. The van der Waals surface area contributed by atoms with E-state index in [1.54, 1.807) is 6.07 Å². The molecule has 0 unspecified atom stereocenters. The Bertz CT molecular complexity index is 459. The number of nitrogens with two attached hydrogens (primary N) is 1. The van der Waals surface area contributed by atoms with Crippen molar-refractivity contribution in [2.24, 2.45) is 5.92 Å². The van der Waals surface area contributed by atoms with Crippen LogP contribution in [0.1, 0.15) is 25.7 Å². The van der Waals surface area contributed by atoms with E-state index in [0.717, 1.165) is 25.7 Å². The Labute approximate surface area is 117 Å².